The molecular weight excluding hydrogens is 296 g/mol. The zero-order valence-corrected chi connectivity index (χ0v) is 13.3. The van der Waals surface area contributed by atoms with Gasteiger partial charge in [-0.2, -0.15) is 0 Å². The topological polar surface area (TPSA) is 84.2 Å². The number of hydrogen-bond acceptors (Lipinski definition) is 8. The average Bonchev–Trinajstić information content (AvgIpc) is 3.23. The van der Waals surface area contributed by atoms with Gasteiger partial charge in [0, 0.05) is 19.3 Å². The van der Waals surface area contributed by atoms with E-state index >= 15 is 0 Å². The average molecular weight is 316 g/mol. The van der Waals surface area contributed by atoms with E-state index in [1.807, 2.05) is 10.9 Å². The van der Waals surface area contributed by atoms with Crippen molar-refractivity contribution in [2.45, 2.75) is 12.1 Å². The second-order valence-electron chi connectivity index (χ2n) is 6.04. The standard InChI is InChI=1S/C14H20N8O/c1-20(2)10-7-21(8-11(10)22-5-3-18-19-22)14-12-13(16-9-17-14)15-4-6-23-12/h3,5,9-11H,4,6-8H2,1-2H3,(H,15,16,17)/t10-,11+/m1/s1. The van der Waals surface area contributed by atoms with Gasteiger partial charge >= 0.3 is 0 Å². The number of fused-ring (bicyclic) bond motifs is 1. The van der Waals surface area contributed by atoms with E-state index in [1.54, 1.807) is 12.5 Å². The fourth-order valence-electron chi connectivity index (χ4n) is 3.28. The minimum atomic E-state index is 0.217. The Kier molecular flexibility index (Phi) is 3.49. The predicted octanol–water partition coefficient (Wildman–Crippen LogP) is -0.136. The molecule has 2 atom stereocenters. The van der Waals surface area contributed by atoms with Crippen LogP contribution in [0.15, 0.2) is 18.7 Å². The van der Waals surface area contributed by atoms with Crippen molar-refractivity contribution >= 4 is 11.6 Å². The molecule has 4 rings (SSSR count). The highest BCUT2D eigenvalue weighted by Crippen LogP contribution is 2.37. The van der Waals surface area contributed by atoms with Gasteiger partial charge in [0.15, 0.2) is 11.6 Å². The van der Waals surface area contributed by atoms with Gasteiger partial charge in [0.1, 0.15) is 12.9 Å². The second-order valence-corrected chi connectivity index (χ2v) is 6.04. The lowest BCUT2D eigenvalue weighted by Crippen LogP contribution is -2.36. The smallest absolute Gasteiger partial charge is 0.204 e. The molecular formula is C14H20N8O. The van der Waals surface area contributed by atoms with Gasteiger partial charge in [0.25, 0.3) is 0 Å². The Balaban J connectivity index is 1.66. The van der Waals surface area contributed by atoms with Crippen LogP contribution in [0.1, 0.15) is 6.04 Å². The van der Waals surface area contributed by atoms with Crippen LogP contribution >= 0.6 is 0 Å². The number of aromatic nitrogens is 5. The van der Waals surface area contributed by atoms with Crippen molar-refractivity contribution in [3.05, 3.63) is 18.7 Å². The summed E-state index contributed by atoms with van der Waals surface area (Å²) in [5.74, 6) is 2.36. The predicted molar refractivity (Wildman–Crippen MR) is 84.8 cm³/mol. The van der Waals surface area contributed by atoms with Crippen molar-refractivity contribution in [3.63, 3.8) is 0 Å². The van der Waals surface area contributed by atoms with Crippen molar-refractivity contribution in [1.29, 1.82) is 0 Å². The van der Waals surface area contributed by atoms with Crippen molar-refractivity contribution in [1.82, 2.24) is 29.9 Å². The van der Waals surface area contributed by atoms with E-state index in [9.17, 15) is 0 Å². The lowest BCUT2D eigenvalue weighted by Gasteiger charge is -2.25. The van der Waals surface area contributed by atoms with Crippen molar-refractivity contribution in [2.75, 3.05) is 50.6 Å². The van der Waals surface area contributed by atoms with Crippen molar-refractivity contribution in [2.24, 2.45) is 0 Å². The first-order valence-electron chi connectivity index (χ1n) is 7.73. The van der Waals surface area contributed by atoms with Crippen LogP contribution < -0.4 is 15.0 Å². The molecule has 2 aliphatic rings. The highest BCUT2D eigenvalue weighted by molar-refractivity contribution is 5.66. The summed E-state index contributed by atoms with van der Waals surface area (Å²) >= 11 is 0. The molecule has 1 saturated heterocycles. The van der Waals surface area contributed by atoms with Crippen LogP contribution in [-0.4, -0.2) is 76.2 Å². The lowest BCUT2D eigenvalue weighted by atomic mass is 10.1. The first-order chi connectivity index (χ1) is 11.2. The zero-order valence-electron chi connectivity index (χ0n) is 13.3. The van der Waals surface area contributed by atoms with Crippen molar-refractivity contribution in [3.8, 4) is 5.75 Å². The maximum atomic E-state index is 5.81. The van der Waals surface area contributed by atoms with Gasteiger partial charge in [0.2, 0.25) is 5.75 Å². The summed E-state index contributed by atoms with van der Waals surface area (Å²) < 4.78 is 7.74. The SMILES string of the molecule is CN(C)[C@@H]1CN(c2ncnc3c2OCCN3)C[C@@H]1n1ccnn1. The number of rotatable bonds is 3. The zero-order chi connectivity index (χ0) is 15.8. The highest BCUT2D eigenvalue weighted by atomic mass is 16.5. The molecule has 0 saturated carbocycles. The molecule has 1 N–H and O–H groups in total. The monoisotopic (exact) mass is 316 g/mol. The molecule has 0 radical (unpaired) electrons. The minimum absolute atomic E-state index is 0.217. The number of anilines is 2. The number of likely N-dealkylation sites (N-methyl/N-ethyl adjacent to an activating group) is 1. The molecule has 0 bridgehead atoms. The largest absolute Gasteiger partial charge is 0.485 e. The third kappa shape index (κ3) is 2.46. The van der Waals surface area contributed by atoms with E-state index in [-0.39, 0.29) is 6.04 Å². The molecule has 23 heavy (non-hydrogen) atoms. The molecule has 9 heteroatoms. The fourth-order valence-corrected chi connectivity index (χ4v) is 3.28. The molecule has 0 spiro atoms. The maximum absolute atomic E-state index is 5.81. The van der Waals surface area contributed by atoms with Gasteiger partial charge in [-0.3, -0.25) is 0 Å². The quantitative estimate of drug-likeness (QED) is 0.838. The normalized spacial score (nSPS) is 23.5. The van der Waals surface area contributed by atoms with E-state index in [0.29, 0.717) is 12.6 Å². The lowest BCUT2D eigenvalue weighted by molar-refractivity contribution is 0.243. The minimum Gasteiger partial charge on any atom is -0.485 e. The van der Waals surface area contributed by atoms with Crippen LogP contribution in [0.4, 0.5) is 11.6 Å². The summed E-state index contributed by atoms with van der Waals surface area (Å²) in [6.45, 7) is 3.06. The number of nitrogens with one attached hydrogen (secondary N) is 1. The van der Waals surface area contributed by atoms with Crippen LogP contribution in [0, 0.1) is 0 Å². The van der Waals surface area contributed by atoms with Crippen molar-refractivity contribution < 1.29 is 4.74 Å². The van der Waals surface area contributed by atoms with Gasteiger partial charge < -0.3 is 19.9 Å². The first-order valence-corrected chi connectivity index (χ1v) is 7.73. The molecule has 2 aromatic heterocycles. The fraction of sp³-hybridized carbons (Fsp3) is 0.571. The summed E-state index contributed by atoms with van der Waals surface area (Å²) in [7, 11) is 4.18. The van der Waals surface area contributed by atoms with E-state index < -0.39 is 0 Å². The van der Waals surface area contributed by atoms with Crippen LogP contribution in [-0.2, 0) is 0 Å². The summed E-state index contributed by atoms with van der Waals surface area (Å²) in [5, 5.41) is 11.4. The molecule has 4 heterocycles. The molecule has 1 fully saturated rings. The van der Waals surface area contributed by atoms with Crippen LogP contribution in [0.2, 0.25) is 0 Å². The third-order valence-corrected chi connectivity index (χ3v) is 4.43. The van der Waals surface area contributed by atoms with Crippen LogP contribution in [0.3, 0.4) is 0 Å². The summed E-state index contributed by atoms with van der Waals surface area (Å²) in [4.78, 5) is 13.2. The molecule has 0 aromatic carbocycles. The Morgan fingerprint density at radius 1 is 1.30 bits per heavy atom. The molecule has 2 aromatic rings. The Bertz CT molecular complexity index is 673. The summed E-state index contributed by atoms with van der Waals surface area (Å²) in [6, 6.07) is 0.536. The highest BCUT2D eigenvalue weighted by Gasteiger charge is 2.38. The summed E-state index contributed by atoms with van der Waals surface area (Å²) in [6.07, 6.45) is 5.22. The Labute approximate surface area is 134 Å². The second kappa shape index (κ2) is 5.65. The van der Waals surface area contributed by atoms with Crippen LogP contribution in [0.25, 0.3) is 0 Å². The number of hydrogen-bond donors (Lipinski definition) is 1. The molecule has 122 valence electrons. The molecule has 9 nitrogen and oxygen atoms in total. The molecule has 0 unspecified atom stereocenters. The molecule has 0 amide bonds. The van der Waals surface area contributed by atoms with E-state index in [2.05, 4.69) is 49.5 Å². The Morgan fingerprint density at radius 2 is 2.22 bits per heavy atom. The van der Waals surface area contributed by atoms with E-state index in [0.717, 1.165) is 37.0 Å². The van der Waals surface area contributed by atoms with Gasteiger partial charge in [-0.15, -0.1) is 5.10 Å². The maximum Gasteiger partial charge on any atom is 0.204 e. The molecule has 2 aliphatic heterocycles. The first kappa shape index (κ1) is 14.2. The Hall–Kier alpha value is -2.42. The van der Waals surface area contributed by atoms with E-state index in [1.165, 1.54) is 0 Å². The summed E-state index contributed by atoms with van der Waals surface area (Å²) in [5.41, 5.74) is 0. The van der Waals surface area contributed by atoms with Crippen LogP contribution in [0.5, 0.6) is 5.75 Å². The van der Waals surface area contributed by atoms with Gasteiger partial charge in [-0.1, -0.05) is 5.21 Å². The van der Waals surface area contributed by atoms with E-state index in [4.69, 9.17) is 4.74 Å². The van der Waals surface area contributed by atoms with Gasteiger partial charge in [-0.25, -0.2) is 14.6 Å². The van der Waals surface area contributed by atoms with Gasteiger partial charge in [-0.05, 0) is 14.1 Å². The molecule has 0 aliphatic carbocycles. The third-order valence-electron chi connectivity index (χ3n) is 4.43. The number of ether oxygens (including phenoxy) is 1. The number of nitrogens with zero attached hydrogens (tertiary/aromatic N) is 7. The Morgan fingerprint density at radius 3 is 3.00 bits per heavy atom. The van der Waals surface area contributed by atoms with Gasteiger partial charge in [0.05, 0.1) is 24.8 Å².